The fraction of sp³-hybridized carbons (Fsp3) is 0.571. The number of nitrogens with one attached hydrogen (secondary N) is 2. The normalized spacial score (nSPS) is 17.4. The van der Waals surface area contributed by atoms with Crippen LogP contribution in [0.15, 0.2) is 29.2 Å². The van der Waals surface area contributed by atoms with E-state index in [9.17, 15) is 8.42 Å². The van der Waals surface area contributed by atoms with Crippen LogP contribution in [0.2, 0.25) is 0 Å². The quantitative estimate of drug-likeness (QED) is 0.802. The lowest BCUT2D eigenvalue weighted by Crippen LogP contribution is -2.34. The summed E-state index contributed by atoms with van der Waals surface area (Å²) in [6.07, 6.45) is 2.26. The van der Waals surface area contributed by atoms with Crippen LogP contribution in [0, 0.1) is 5.92 Å². The van der Waals surface area contributed by atoms with E-state index in [-0.39, 0.29) is 6.04 Å². The lowest BCUT2D eigenvalue weighted by atomic mass is 10.2. The van der Waals surface area contributed by atoms with Crippen LogP contribution in [0.3, 0.4) is 0 Å². The van der Waals surface area contributed by atoms with E-state index < -0.39 is 10.0 Å². The molecule has 5 heteroatoms. The van der Waals surface area contributed by atoms with Crippen molar-refractivity contribution in [2.75, 3.05) is 6.54 Å². The fourth-order valence-electron chi connectivity index (χ4n) is 2.10. The van der Waals surface area contributed by atoms with Crippen LogP contribution < -0.4 is 10.0 Å². The summed E-state index contributed by atoms with van der Waals surface area (Å²) in [6.45, 7) is 5.53. The van der Waals surface area contributed by atoms with E-state index in [1.807, 2.05) is 19.9 Å². The third-order valence-corrected chi connectivity index (χ3v) is 5.01. The standard InChI is InChI=1S/C14H22N2O2S/c1-3-15-10-12-5-4-6-14(9-12)19(17,18)16-11(2)13-7-8-13/h4-6,9,11,13,15-16H,3,7-8,10H2,1-2H3. The molecule has 2 N–H and O–H groups in total. The van der Waals surface area contributed by atoms with Gasteiger partial charge in [0.2, 0.25) is 10.0 Å². The molecule has 0 bridgehead atoms. The van der Waals surface area contributed by atoms with Gasteiger partial charge in [-0.1, -0.05) is 19.1 Å². The Morgan fingerprint density at radius 2 is 2.11 bits per heavy atom. The van der Waals surface area contributed by atoms with Gasteiger partial charge in [-0.15, -0.1) is 0 Å². The first-order chi connectivity index (χ1) is 9.03. The van der Waals surface area contributed by atoms with Crippen molar-refractivity contribution in [3.8, 4) is 0 Å². The van der Waals surface area contributed by atoms with Crippen LogP contribution in [-0.2, 0) is 16.6 Å². The maximum Gasteiger partial charge on any atom is 0.240 e. The maximum absolute atomic E-state index is 12.3. The predicted octanol–water partition coefficient (Wildman–Crippen LogP) is 1.87. The average molecular weight is 282 g/mol. The van der Waals surface area contributed by atoms with E-state index in [4.69, 9.17) is 0 Å². The molecule has 106 valence electrons. The molecular weight excluding hydrogens is 260 g/mol. The van der Waals surface area contributed by atoms with Gasteiger partial charge < -0.3 is 5.32 Å². The third-order valence-electron chi connectivity index (χ3n) is 3.46. The molecule has 19 heavy (non-hydrogen) atoms. The van der Waals surface area contributed by atoms with Crippen molar-refractivity contribution in [1.29, 1.82) is 0 Å². The van der Waals surface area contributed by atoms with Gasteiger partial charge >= 0.3 is 0 Å². The van der Waals surface area contributed by atoms with Gasteiger partial charge in [0, 0.05) is 12.6 Å². The van der Waals surface area contributed by atoms with Crippen LogP contribution in [-0.4, -0.2) is 21.0 Å². The highest BCUT2D eigenvalue weighted by Gasteiger charge is 2.31. The van der Waals surface area contributed by atoms with Gasteiger partial charge in [0.25, 0.3) is 0 Å². The largest absolute Gasteiger partial charge is 0.313 e. The lowest BCUT2D eigenvalue weighted by molar-refractivity contribution is 0.538. The van der Waals surface area contributed by atoms with Gasteiger partial charge in [-0.05, 0) is 49.9 Å². The molecule has 1 saturated carbocycles. The highest BCUT2D eigenvalue weighted by atomic mass is 32.2. The molecule has 0 saturated heterocycles. The first-order valence-corrected chi connectivity index (χ1v) is 8.33. The molecule has 4 nitrogen and oxygen atoms in total. The SMILES string of the molecule is CCNCc1cccc(S(=O)(=O)NC(C)C2CC2)c1. The van der Waals surface area contributed by atoms with Gasteiger partial charge in [0.1, 0.15) is 0 Å². The molecule has 0 amide bonds. The van der Waals surface area contributed by atoms with Gasteiger partial charge in [-0.3, -0.25) is 0 Å². The van der Waals surface area contributed by atoms with E-state index in [0.29, 0.717) is 17.4 Å². The predicted molar refractivity (Wildman–Crippen MR) is 76.3 cm³/mol. The van der Waals surface area contributed by atoms with Crippen LogP contribution in [0.1, 0.15) is 32.3 Å². The molecule has 0 aromatic heterocycles. The summed E-state index contributed by atoms with van der Waals surface area (Å²) >= 11 is 0. The second-order valence-corrected chi connectivity index (χ2v) is 6.89. The smallest absolute Gasteiger partial charge is 0.240 e. The summed E-state index contributed by atoms with van der Waals surface area (Å²) in [4.78, 5) is 0.357. The molecule has 0 spiro atoms. The summed E-state index contributed by atoms with van der Waals surface area (Å²) in [5.41, 5.74) is 0.990. The molecule has 0 radical (unpaired) electrons. The minimum atomic E-state index is -3.39. The highest BCUT2D eigenvalue weighted by molar-refractivity contribution is 7.89. The molecule has 0 heterocycles. The van der Waals surface area contributed by atoms with E-state index in [0.717, 1.165) is 24.9 Å². The Balaban J connectivity index is 2.10. The van der Waals surface area contributed by atoms with Crippen molar-refractivity contribution in [3.63, 3.8) is 0 Å². The zero-order valence-electron chi connectivity index (χ0n) is 11.5. The zero-order valence-corrected chi connectivity index (χ0v) is 12.3. The van der Waals surface area contributed by atoms with E-state index in [1.54, 1.807) is 18.2 Å². The highest BCUT2D eigenvalue weighted by Crippen LogP contribution is 2.33. The molecule has 1 unspecified atom stereocenters. The second-order valence-electron chi connectivity index (χ2n) is 5.18. The monoisotopic (exact) mass is 282 g/mol. The van der Waals surface area contributed by atoms with Gasteiger partial charge in [-0.2, -0.15) is 0 Å². The van der Waals surface area contributed by atoms with Crippen molar-refractivity contribution < 1.29 is 8.42 Å². The summed E-state index contributed by atoms with van der Waals surface area (Å²) < 4.78 is 27.3. The number of hydrogen-bond acceptors (Lipinski definition) is 3. The summed E-state index contributed by atoms with van der Waals surface area (Å²) in [5.74, 6) is 0.514. The Labute approximate surface area is 115 Å². The molecule has 1 aliphatic rings. The minimum absolute atomic E-state index is 0.0300. The summed E-state index contributed by atoms with van der Waals surface area (Å²) in [7, 11) is -3.39. The van der Waals surface area contributed by atoms with E-state index in [1.165, 1.54) is 0 Å². The molecular formula is C14H22N2O2S. The van der Waals surface area contributed by atoms with Gasteiger partial charge in [-0.25, -0.2) is 13.1 Å². The van der Waals surface area contributed by atoms with Crippen LogP contribution in [0.5, 0.6) is 0 Å². The molecule has 2 rings (SSSR count). The zero-order chi connectivity index (χ0) is 13.9. The first-order valence-electron chi connectivity index (χ1n) is 6.85. The van der Waals surface area contributed by atoms with Gasteiger partial charge in [0.05, 0.1) is 4.90 Å². The summed E-state index contributed by atoms with van der Waals surface area (Å²) in [6, 6.07) is 7.15. The Morgan fingerprint density at radius 3 is 2.74 bits per heavy atom. The molecule has 1 aliphatic carbocycles. The second kappa shape index (κ2) is 6.03. The lowest BCUT2D eigenvalue weighted by Gasteiger charge is -2.14. The first kappa shape index (κ1) is 14.5. The Morgan fingerprint density at radius 1 is 1.37 bits per heavy atom. The number of benzene rings is 1. The number of sulfonamides is 1. The van der Waals surface area contributed by atoms with E-state index >= 15 is 0 Å². The molecule has 1 fully saturated rings. The summed E-state index contributed by atoms with van der Waals surface area (Å²) in [5, 5.41) is 3.20. The van der Waals surface area contributed by atoms with Crippen LogP contribution in [0.4, 0.5) is 0 Å². The van der Waals surface area contributed by atoms with Crippen molar-refractivity contribution in [3.05, 3.63) is 29.8 Å². The third kappa shape index (κ3) is 4.03. The topological polar surface area (TPSA) is 58.2 Å². The number of rotatable bonds is 7. The maximum atomic E-state index is 12.3. The van der Waals surface area contributed by atoms with Crippen molar-refractivity contribution in [2.24, 2.45) is 5.92 Å². The van der Waals surface area contributed by atoms with Crippen molar-refractivity contribution in [1.82, 2.24) is 10.0 Å². The molecule has 1 atom stereocenters. The average Bonchev–Trinajstić information content (AvgIpc) is 3.20. The Hall–Kier alpha value is -0.910. The molecule has 1 aromatic carbocycles. The Bertz CT molecular complexity index is 524. The van der Waals surface area contributed by atoms with Crippen molar-refractivity contribution >= 4 is 10.0 Å². The minimum Gasteiger partial charge on any atom is -0.313 e. The number of hydrogen-bond donors (Lipinski definition) is 2. The van der Waals surface area contributed by atoms with E-state index in [2.05, 4.69) is 10.0 Å². The van der Waals surface area contributed by atoms with Crippen molar-refractivity contribution in [2.45, 2.75) is 44.2 Å². The van der Waals surface area contributed by atoms with Crippen LogP contribution in [0.25, 0.3) is 0 Å². The molecule has 1 aromatic rings. The van der Waals surface area contributed by atoms with Gasteiger partial charge in [0.15, 0.2) is 0 Å². The Kier molecular flexibility index (Phi) is 4.60. The van der Waals surface area contributed by atoms with Crippen LogP contribution >= 0.6 is 0 Å². The fourth-order valence-corrected chi connectivity index (χ4v) is 3.48. The molecule has 0 aliphatic heterocycles.